The second kappa shape index (κ2) is 32.0. The first-order chi connectivity index (χ1) is 23.4. The van der Waals surface area contributed by atoms with Crippen molar-refractivity contribution in [1.82, 2.24) is 0 Å². The van der Waals surface area contributed by atoms with E-state index in [-0.39, 0.29) is 12.4 Å². The van der Waals surface area contributed by atoms with E-state index in [2.05, 4.69) is 0 Å². The molecule has 0 unspecified atom stereocenters. The Hall–Kier alpha value is -2.24. The minimum absolute atomic E-state index is 0.229. The Kier molecular flexibility index (Phi) is 29.2. The van der Waals surface area contributed by atoms with Crippen LogP contribution in [0.15, 0.2) is 24.3 Å². The highest BCUT2D eigenvalue weighted by Crippen LogP contribution is 2.10. The van der Waals surface area contributed by atoms with Gasteiger partial charge in [0, 0.05) is 5.56 Å². The Morgan fingerprint density at radius 3 is 1.06 bits per heavy atom. The largest absolute Gasteiger partial charge is 0.491 e. The zero-order valence-corrected chi connectivity index (χ0v) is 29.2. The summed E-state index contributed by atoms with van der Waals surface area (Å²) in [5.74, 6) is 0.432. The summed E-state index contributed by atoms with van der Waals surface area (Å²) in [4.78, 5) is 22.2. The van der Waals surface area contributed by atoms with Gasteiger partial charge in [-0.15, -0.1) is 0 Å². The molecule has 14 nitrogen and oxygen atoms in total. The molecular formula is C34H58O14. The van der Waals surface area contributed by atoms with E-state index in [4.69, 9.17) is 56.8 Å². The number of hydrogen-bond acceptors (Lipinski definition) is 14. The molecule has 14 heteroatoms. The van der Waals surface area contributed by atoms with Crippen LogP contribution in [0, 0.1) is 0 Å². The summed E-state index contributed by atoms with van der Waals surface area (Å²) in [5, 5.41) is 0. The van der Waals surface area contributed by atoms with Crippen LogP contribution in [0.3, 0.4) is 0 Å². The normalized spacial score (nSPS) is 11.6. The van der Waals surface area contributed by atoms with Gasteiger partial charge in [-0.1, -0.05) is 0 Å². The van der Waals surface area contributed by atoms with Gasteiger partial charge in [0.2, 0.25) is 0 Å². The Balaban J connectivity index is 1.65. The summed E-state index contributed by atoms with van der Waals surface area (Å²) in [6.07, 6.45) is 1.02. The number of esters is 1. The van der Waals surface area contributed by atoms with E-state index in [1.54, 1.807) is 24.3 Å². The lowest BCUT2D eigenvalue weighted by atomic mass is 10.2. The molecule has 1 rings (SSSR count). The lowest BCUT2D eigenvalue weighted by Crippen LogP contribution is -2.24. The molecule has 0 saturated heterocycles. The Morgan fingerprint density at radius 1 is 0.479 bits per heavy atom. The Labute approximate surface area is 285 Å². The molecule has 1 aromatic rings. The number of aldehydes is 1. The molecule has 1 aromatic carbocycles. The number of ether oxygens (including phenoxy) is 12. The molecule has 0 aliphatic heterocycles. The average Bonchev–Trinajstić information content (AvgIpc) is 3.06. The third-order valence-electron chi connectivity index (χ3n) is 5.73. The van der Waals surface area contributed by atoms with Crippen molar-refractivity contribution in [2.24, 2.45) is 0 Å². The average molecular weight is 691 g/mol. The molecule has 0 atom stereocenters. The monoisotopic (exact) mass is 690 g/mol. The SMILES string of the molecule is CC(C)(C)OC(=O)CCOCCOCCOCCOCCOCCOCCOCCOCCOCCOCCOc1ccc(C=O)cc1. The van der Waals surface area contributed by atoms with Crippen LogP contribution in [0.2, 0.25) is 0 Å². The maximum Gasteiger partial charge on any atom is 0.308 e. The first-order valence-electron chi connectivity index (χ1n) is 16.6. The summed E-state index contributed by atoms with van der Waals surface area (Å²) in [6, 6.07) is 6.92. The quantitative estimate of drug-likeness (QED) is 0.0585. The molecule has 0 bridgehead atoms. The summed E-state index contributed by atoms with van der Waals surface area (Å²) in [6.45, 7) is 15.3. The van der Waals surface area contributed by atoms with E-state index in [1.807, 2.05) is 20.8 Å². The van der Waals surface area contributed by atoms with Gasteiger partial charge in [-0.3, -0.25) is 9.59 Å². The minimum Gasteiger partial charge on any atom is -0.491 e. The smallest absolute Gasteiger partial charge is 0.308 e. The summed E-state index contributed by atoms with van der Waals surface area (Å²) < 4.78 is 65.3. The maximum atomic E-state index is 11.6. The number of benzene rings is 1. The fourth-order valence-electron chi connectivity index (χ4n) is 3.49. The van der Waals surface area contributed by atoms with Crippen molar-refractivity contribution in [3.63, 3.8) is 0 Å². The van der Waals surface area contributed by atoms with Gasteiger partial charge in [0.05, 0.1) is 139 Å². The molecular weight excluding hydrogens is 632 g/mol. The number of hydrogen-bond donors (Lipinski definition) is 0. The summed E-state index contributed by atoms with van der Waals surface area (Å²) >= 11 is 0. The van der Waals surface area contributed by atoms with Gasteiger partial charge in [-0.25, -0.2) is 0 Å². The predicted molar refractivity (Wildman–Crippen MR) is 176 cm³/mol. The van der Waals surface area contributed by atoms with Crippen molar-refractivity contribution >= 4 is 12.3 Å². The molecule has 0 spiro atoms. The molecule has 0 amide bonds. The van der Waals surface area contributed by atoms with Gasteiger partial charge in [-0.05, 0) is 45.0 Å². The second-order valence-electron chi connectivity index (χ2n) is 11.0. The number of rotatable bonds is 35. The van der Waals surface area contributed by atoms with E-state index >= 15 is 0 Å². The van der Waals surface area contributed by atoms with Gasteiger partial charge in [-0.2, -0.15) is 0 Å². The second-order valence-corrected chi connectivity index (χ2v) is 11.0. The van der Waals surface area contributed by atoms with Gasteiger partial charge in [0.15, 0.2) is 0 Å². The highest BCUT2D eigenvalue weighted by atomic mass is 16.6. The molecule has 0 saturated carbocycles. The van der Waals surface area contributed by atoms with Crippen LogP contribution in [0.1, 0.15) is 37.6 Å². The molecule has 0 fully saturated rings. The highest BCUT2D eigenvalue weighted by Gasteiger charge is 2.15. The van der Waals surface area contributed by atoms with Crippen molar-refractivity contribution in [3.05, 3.63) is 29.8 Å². The van der Waals surface area contributed by atoms with E-state index in [0.29, 0.717) is 150 Å². The fourth-order valence-corrected chi connectivity index (χ4v) is 3.49. The number of carbonyl (C=O) groups is 2. The Bertz CT molecular complexity index is 862. The maximum absolute atomic E-state index is 11.6. The number of carbonyl (C=O) groups excluding carboxylic acids is 2. The van der Waals surface area contributed by atoms with Gasteiger partial charge in [0.1, 0.15) is 24.2 Å². The van der Waals surface area contributed by atoms with Gasteiger partial charge in [0.25, 0.3) is 0 Å². The van der Waals surface area contributed by atoms with Crippen LogP contribution in [-0.2, 0) is 56.9 Å². The van der Waals surface area contributed by atoms with E-state index in [1.165, 1.54) is 0 Å². The van der Waals surface area contributed by atoms with Crippen molar-refractivity contribution < 1.29 is 66.4 Å². The summed E-state index contributed by atoms with van der Waals surface area (Å²) in [5.41, 5.74) is 0.138. The molecule has 278 valence electrons. The lowest BCUT2D eigenvalue weighted by Gasteiger charge is -2.19. The molecule has 0 N–H and O–H groups in total. The molecule has 0 aliphatic rings. The van der Waals surface area contributed by atoms with Gasteiger partial charge < -0.3 is 56.8 Å². The standard InChI is InChI=1S/C34H58O14/c1-34(2,3)48-33(36)8-9-37-10-11-38-12-13-39-14-15-40-16-17-41-18-19-42-20-21-43-22-23-44-24-25-45-26-27-46-28-29-47-32-6-4-31(30-35)5-7-32/h4-7,30H,8-29H2,1-3H3. The van der Waals surface area contributed by atoms with E-state index < -0.39 is 5.60 Å². The molecule has 48 heavy (non-hydrogen) atoms. The van der Waals surface area contributed by atoms with Crippen LogP contribution in [0.25, 0.3) is 0 Å². The van der Waals surface area contributed by atoms with Crippen molar-refractivity contribution in [2.75, 3.05) is 139 Å². The third-order valence-corrected chi connectivity index (χ3v) is 5.73. The molecule has 0 aliphatic carbocycles. The minimum atomic E-state index is -0.477. The van der Waals surface area contributed by atoms with Crippen molar-refractivity contribution in [3.8, 4) is 5.75 Å². The van der Waals surface area contributed by atoms with Crippen molar-refractivity contribution in [2.45, 2.75) is 32.8 Å². The van der Waals surface area contributed by atoms with Crippen LogP contribution < -0.4 is 4.74 Å². The first kappa shape index (κ1) is 43.8. The van der Waals surface area contributed by atoms with E-state index in [9.17, 15) is 9.59 Å². The van der Waals surface area contributed by atoms with Crippen LogP contribution in [0.5, 0.6) is 5.75 Å². The van der Waals surface area contributed by atoms with Crippen LogP contribution >= 0.6 is 0 Å². The van der Waals surface area contributed by atoms with Crippen molar-refractivity contribution in [1.29, 1.82) is 0 Å². The zero-order valence-electron chi connectivity index (χ0n) is 29.2. The fraction of sp³-hybridized carbons (Fsp3) is 0.765. The summed E-state index contributed by atoms with van der Waals surface area (Å²) in [7, 11) is 0. The topological polar surface area (TPSA) is 145 Å². The lowest BCUT2D eigenvalue weighted by molar-refractivity contribution is -0.156. The van der Waals surface area contributed by atoms with Gasteiger partial charge >= 0.3 is 5.97 Å². The molecule has 0 radical (unpaired) electrons. The van der Waals surface area contributed by atoms with Crippen LogP contribution in [-0.4, -0.2) is 157 Å². The predicted octanol–water partition coefficient (Wildman–Crippen LogP) is 2.78. The highest BCUT2D eigenvalue weighted by molar-refractivity contribution is 5.74. The zero-order chi connectivity index (χ0) is 34.8. The molecule has 0 aromatic heterocycles. The third kappa shape index (κ3) is 31.1. The van der Waals surface area contributed by atoms with Crippen LogP contribution in [0.4, 0.5) is 0 Å². The Morgan fingerprint density at radius 2 is 0.771 bits per heavy atom. The first-order valence-corrected chi connectivity index (χ1v) is 16.6. The van der Waals surface area contributed by atoms with E-state index in [0.717, 1.165) is 6.29 Å². The molecule has 0 heterocycles.